The van der Waals surface area contributed by atoms with Crippen LogP contribution in [0.4, 0.5) is 0 Å². The standard InChI is InChI=1S/C17H28N4O9/c1-8(2)14(18)16(28)19-7-11(22)20-9(3-5-12(23)24)15(27)21-10(17(29)30)4-6-13(25)26/h8-10,14H,3-7,18H2,1-2H3,(H,19,28)(H,20,22)(H,21,27)(H,23,24)(H,25,26)(H,29,30). The molecule has 0 radical (unpaired) electrons. The first-order valence-corrected chi connectivity index (χ1v) is 9.14. The first-order chi connectivity index (χ1) is 13.8. The number of aliphatic carboxylic acids is 3. The summed E-state index contributed by atoms with van der Waals surface area (Å²) in [5.74, 6) is -6.58. The molecule has 3 amide bonds. The summed E-state index contributed by atoms with van der Waals surface area (Å²) in [4.78, 5) is 68.8. The third kappa shape index (κ3) is 10.9. The van der Waals surface area contributed by atoms with E-state index in [4.69, 9.17) is 21.1 Å². The highest BCUT2D eigenvalue weighted by Crippen LogP contribution is 2.03. The molecule has 8 N–H and O–H groups in total. The minimum atomic E-state index is -1.54. The van der Waals surface area contributed by atoms with E-state index in [0.717, 1.165) is 0 Å². The van der Waals surface area contributed by atoms with Crippen molar-refractivity contribution in [3.05, 3.63) is 0 Å². The minimum Gasteiger partial charge on any atom is -0.481 e. The zero-order valence-corrected chi connectivity index (χ0v) is 16.7. The predicted molar refractivity (Wildman–Crippen MR) is 101 cm³/mol. The van der Waals surface area contributed by atoms with Crippen molar-refractivity contribution >= 4 is 35.6 Å². The molecule has 0 aromatic rings. The monoisotopic (exact) mass is 432 g/mol. The predicted octanol–water partition coefficient (Wildman–Crippen LogP) is -2.13. The molecule has 0 aromatic carbocycles. The van der Waals surface area contributed by atoms with Gasteiger partial charge in [-0.1, -0.05) is 13.8 Å². The number of carboxylic acid groups (broad SMARTS) is 3. The van der Waals surface area contributed by atoms with E-state index in [0.29, 0.717) is 0 Å². The van der Waals surface area contributed by atoms with Crippen LogP contribution in [-0.2, 0) is 28.8 Å². The van der Waals surface area contributed by atoms with E-state index >= 15 is 0 Å². The third-order valence-corrected chi connectivity index (χ3v) is 4.00. The molecule has 0 aliphatic carbocycles. The summed E-state index contributed by atoms with van der Waals surface area (Å²) in [6.45, 7) is 2.89. The van der Waals surface area contributed by atoms with Gasteiger partial charge in [-0.05, 0) is 18.8 Å². The number of nitrogens with one attached hydrogen (secondary N) is 3. The maximum absolute atomic E-state index is 12.3. The van der Waals surface area contributed by atoms with Crippen LogP contribution >= 0.6 is 0 Å². The van der Waals surface area contributed by atoms with Crippen LogP contribution in [0.15, 0.2) is 0 Å². The van der Waals surface area contributed by atoms with E-state index in [1.807, 2.05) is 0 Å². The van der Waals surface area contributed by atoms with Gasteiger partial charge in [-0.15, -0.1) is 0 Å². The molecule has 170 valence electrons. The summed E-state index contributed by atoms with van der Waals surface area (Å²) in [7, 11) is 0. The first-order valence-electron chi connectivity index (χ1n) is 9.14. The zero-order chi connectivity index (χ0) is 23.4. The van der Waals surface area contributed by atoms with Gasteiger partial charge in [0.05, 0.1) is 12.6 Å². The minimum absolute atomic E-state index is 0.180. The van der Waals surface area contributed by atoms with E-state index in [2.05, 4.69) is 16.0 Å². The second-order valence-electron chi connectivity index (χ2n) is 6.87. The molecule has 0 rings (SSSR count). The SMILES string of the molecule is CC(C)C(N)C(=O)NCC(=O)NC(CCC(=O)O)C(=O)NC(CCC(=O)O)C(=O)O. The van der Waals surface area contributed by atoms with Crippen molar-refractivity contribution < 1.29 is 44.1 Å². The first kappa shape index (κ1) is 26.8. The van der Waals surface area contributed by atoms with Crippen molar-refractivity contribution in [1.82, 2.24) is 16.0 Å². The van der Waals surface area contributed by atoms with Gasteiger partial charge in [0.15, 0.2) is 0 Å². The number of hydrogen-bond donors (Lipinski definition) is 7. The van der Waals surface area contributed by atoms with Gasteiger partial charge in [-0.2, -0.15) is 0 Å². The number of rotatable bonds is 14. The van der Waals surface area contributed by atoms with E-state index in [1.54, 1.807) is 13.8 Å². The fourth-order valence-corrected chi connectivity index (χ4v) is 2.17. The molecule has 3 atom stereocenters. The molecule has 0 saturated carbocycles. The van der Waals surface area contributed by atoms with Gasteiger partial charge in [-0.25, -0.2) is 4.79 Å². The Morgan fingerprint density at radius 1 is 0.800 bits per heavy atom. The Morgan fingerprint density at radius 3 is 1.73 bits per heavy atom. The second kappa shape index (κ2) is 13.1. The van der Waals surface area contributed by atoms with Crippen LogP contribution in [0.3, 0.4) is 0 Å². The number of nitrogens with two attached hydrogens (primary N) is 1. The van der Waals surface area contributed by atoms with E-state index < -0.39 is 79.6 Å². The van der Waals surface area contributed by atoms with Crippen molar-refractivity contribution in [2.45, 2.75) is 57.7 Å². The van der Waals surface area contributed by atoms with Crippen molar-refractivity contribution in [2.24, 2.45) is 11.7 Å². The van der Waals surface area contributed by atoms with Gasteiger partial charge >= 0.3 is 17.9 Å². The van der Waals surface area contributed by atoms with Crippen LogP contribution in [0.25, 0.3) is 0 Å². The lowest BCUT2D eigenvalue weighted by Gasteiger charge is -2.21. The van der Waals surface area contributed by atoms with Gasteiger partial charge < -0.3 is 37.0 Å². The Kier molecular flexibility index (Phi) is 11.7. The molecule has 0 aliphatic rings. The molecule has 13 nitrogen and oxygen atoms in total. The van der Waals surface area contributed by atoms with Crippen LogP contribution in [0.5, 0.6) is 0 Å². The van der Waals surface area contributed by atoms with Crippen LogP contribution in [-0.4, -0.2) is 75.6 Å². The lowest BCUT2D eigenvalue weighted by atomic mass is 10.1. The normalized spacial score (nSPS) is 13.6. The van der Waals surface area contributed by atoms with Crippen molar-refractivity contribution in [2.75, 3.05) is 6.54 Å². The molecule has 0 spiro atoms. The van der Waals surface area contributed by atoms with Gasteiger partial charge in [0.1, 0.15) is 12.1 Å². The van der Waals surface area contributed by atoms with Gasteiger partial charge in [0, 0.05) is 12.8 Å². The average Bonchev–Trinajstić information content (AvgIpc) is 2.64. The summed E-state index contributed by atoms with van der Waals surface area (Å²) in [6.07, 6.45) is -1.78. The lowest BCUT2D eigenvalue weighted by molar-refractivity contribution is -0.144. The maximum atomic E-state index is 12.3. The molecule has 0 heterocycles. The maximum Gasteiger partial charge on any atom is 0.326 e. The number of carbonyl (C=O) groups excluding carboxylic acids is 3. The van der Waals surface area contributed by atoms with Crippen LogP contribution in [0.1, 0.15) is 39.5 Å². The van der Waals surface area contributed by atoms with Gasteiger partial charge in [0.25, 0.3) is 0 Å². The molecule has 0 saturated heterocycles. The fourth-order valence-electron chi connectivity index (χ4n) is 2.17. The number of carboxylic acids is 3. The van der Waals surface area contributed by atoms with Crippen molar-refractivity contribution in [1.29, 1.82) is 0 Å². The Morgan fingerprint density at radius 2 is 1.30 bits per heavy atom. The van der Waals surface area contributed by atoms with Crippen LogP contribution in [0.2, 0.25) is 0 Å². The molecule has 0 bridgehead atoms. The summed E-state index contributed by atoms with van der Waals surface area (Å²) in [5, 5.41) is 33.2. The molecular formula is C17H28N4O9. The number of carbonyl (C=O) groups is 6. The summed E-state index contributed by atoms with van der Waals surface area (Å²) in [5.41, 5.74) is 5.64. The summed E-state index contributed by atoms with van der Waals surface area (Å²) >= 11 is 0. The molecular weight excluding hydrogens is 404 g/mol. The number of hydrogen-bond acceptors (Lipinski definition) is 7. The Labute approximate surface area is 172 Å². The van der Waals surface area contributed by atoms with E-state index in [1.165, 1.54) is 0 Å². The number of amides is 3. The van der Waals surface area contributed by atoms with Crippen LogP contribution < -0.4 is 21.7 Å². The smallest absolute Gasteiger partial charge is 0.326 e. The van der Waals surface area contributed by atoms with Gasteiger partial charge in [0.2, 0.25) is 17.7 Å². The van der Waals surface area contributed by atoms with Gasteiger partial charge in [-0.3, -0.25) is 24.0 Å². The second-order valence-corrected chi connectivity index (χ2v) is 6.87. The largest absolute Gasteiger partial charge is 0.481 e. The highest BCUT2D eigenvalue weighted by atomic mass is 16.4. The molecule has 30 heavy (non-hydrogen) atoms. The lowest BCUT2D eigenvalue weighted by Crippen LogP contribution is -2.54. The molecule has 3 unspecified atom stereocenters. The van der Waals surface area contributed by atoms with Crippen molar-refractivity contribution in [3.63, 3.8) is 0 Å². The summed E-state index contributed by atoms with van der Waals surface area (Å²) in [6, 6.07) is -3.80. The third-order valence-electron chi connectivity index (χ3n) is 4.00. The molecule has 0 fully saturated rings. The summed E-state index contributed by atoms with van der Waals surface area (Å²) < 4.78 is 0. The molecule has 0 aromatic heterocycles. The zero-order valence-electron chi connectivity index (χ0n) is 16.7. The molecule has 0 aliphatic heterocycles. The highest BCUT2D eigenvalue weighted by molar-refractivity contribution is 5.92. The van der Waals surface area contributed by atoms with Crippen LogP contribution in [0, 0.1) is 5.92 Å². The molecule has 13 heteroatoms. The average molecular weight is 432 g/mol. The fraction of sp³-hybridized carbons (Fsp3) is 0.647. The highest BCUT2D eigenvalue weighted by Gasteiger charge is 2.27. The Hall–Kier alpha value is -3.22. The quantitative estimate of drug-likeness (QED) is 0.158. The topological polar surface area (TPSA) is 225 Å². The Balaban J connectivity index is 5.02. The van der Waals surface area contributed by atoms with E-state index in [-0.39, 0.29) is 12.3 Å². The van der Waals surface area contributed by atoms with E-state index in [9.17, 15) is 28.8 Å². The van der Waals surface area contributed by atoms with Crippen molar-refractivity contribution in [3.8, 4) is 0 Å². The Bertz CT molecular complexity index is 666.